The predicted molar refractivity (Wildman–Crippen MR) is 484 cm³/mol. The second kappa shape index (κ2) is 44.4. The number of ketones is 2. The molecule has 16 N–H and O–H groups in total. The molecule has 5 aromatic heterocycles. The number of nitrogens with zero attached hydrogens (tertiary/aromatic N) is 5. The van der Waals surface area contributed by atoms with E-state index in [-0.39, 0.29) is 64.3 Å². The number of rotatable bonds is 29. The summed E-state index contributed by atoms with van der Waals surface area (Å²) >= 11 is 5.17. The zero-order valence-corrected chi connectivity index (χ0v) is 77.6. The number of hydrogen-bond acceptors (Lipinski definition) is 29. The number of aromatic amines is 5. The maximum absolute atomic E-state index is 12.1. The van der Waals surface area contributed by atoms with Gasteiger partial charge in [-0.05, 0) is 168 Å². The number of amides is 1. The molecule has 5 fully saturated rings. The van der Waals surface area contributed by atoms with Gasteiger partial charge in [0.2, 0.25) is 11.7 Å². The van der Waals surface area contributed by atoms with Crippen LogP contribution in [0.4, 0.5) is 0 Å². The number of aliphatic hydroxyl groups is 10. The van der Waals surface area contributed by atoms with Crippen LogP contribution in [-0.2, 0) is 63.9 Å². The largest absolute Gasteiger partial charge is 0.479 e. The number of Topliss-reactive ketones (excluding diaryl/α,β-unsaturated/α-hetero) is 2. The number of carbonyl (C=O) groups excluding carboxylic acids is 3. The van der Waals surface area contributed by atoms with E-state index in [1.54, 1.807) is 13.1 Å². The molecule has 692 valence electrons. The van der Waals surface area contributed by atoms with E-state index in [9.17, 15) is 109 Å². The quantitative estimate of drug-likeness (QED) is 0.0191. The second-order valence-corrected chi connectivity index (χ2v) is 56.9. The molecule has 5 saturated heterocycles. The number of H-pyrrole nitrogens is 5. The van der Waals surface area contributed by atoms with Crippen molar-refractivity contribution in [3.63, 3.8) is 0 Å². The van der Waals surface area contributed by atoms with Gasteiger partial charge in [0.25, 0.3) is 27.8 Å². The number of aromatic nitrogens is 10. The Balaban J connectivity index is 0.000000238. The standard InChI is InChI=1S/C16H26N3O6P.C16H25N2O7P.C16H25N2O6P.C15H25N2O5P.C15H25N2O4PS/c1-9(20)17-7-10-8-19(16(24)18-14(10)23)15-13(22)12(21)11(25-15)5-6-26(2,3)4;1-9(19)8-24-11-7-18(16(23)17-14(11)22)15-13(21)12(20)10(25-15)5-6-26(2,3)4;1-9(19)7-10-8-18(16(23)17-14(10)22)15-13(21)12(20)11(24-15)5-6-25(2,3)4;1-5-9-8-17(15(21)16-13(9)20)14-12(19)11(18)10(22-14)6-7-23(2,3)4;1-5-9-8-17(15(23)16-13(9)20)14-12(19)11(18)10(21-14)6-7-22(2,3)4/h8,11-13,15,21-22H,2,5-7H2,1,3-4H3,(H,17,20)(H,18,23,24);7,10,12-13,15,20-21H,2,5-6,8H2,1,3-4H3,(H,17,22,23);8,11-13,15,20-21H,2,5-7H2,1,3-4H3,(H,17,22,23);8,10-12,14,18-19H,2,5-7H2,1,3-4H3,(H,16,20,21);8,10-12,14,18-19H,2,5-7H2,1,3-4H3,(H,16,20,23)/t11-,12-,13-,15?;10-,12-,13-,15?;11-,12-,13-,15?;2*10-,11-,12-,14?/m11111/s1. The summed E-state index contributed by atoms with van der Waals surface area (Å²) in [5.41, 5.74) is -4.53. The van der Waals surface area contributed by atoms with Crippen LogP contribution >= 0.6 is 46.6 Å². The Hall–Kier alpha value is -6.67. The fraction of sp³-hybridized carbons (Fsp3) is 0.641. The summed E-state index contributed by atoms with van der Waals surface area (Å²) in [6.07, 6.45) is 14.6. The maximum atomic E-state index is 12.1. The first-order valence-corrected chi connectivity index (χ1v) is 55.5. The van der Waals surface area contributed by atoms with Crippen LogP contribution in [0, 0.1) is 4.77 Å². The van der Waals surface area contributed by atoms with Gasteiger partial charge in [0.05, 0.1) is 42.3 Å². The van der Waals surface area contributed by atoms with Gasteiger partial charge in [-0.15, -0.1) is 65.9 Å². The third kappa shape index (κ3) is 30.2. The summed E-state index contributed by atoms with van der Waals surface area (Å²) in [6, 6.07) is 0. The van der Waals surface area contributed by atoms with Crippen molar-refractivity contribution in [3.05, 3.63) is 152 Å². The lowest BCUT2D eigenvalue weighted by Crippen LogP contribution is -2.39. The fourth-order valence-corrected chi connectivity index (χ4v) is 18.4. The summed E-state index contributed by atoms with van der Waals surface area (Å²) in [5.74, 6) is -1.11. The summed E-state index contributed by atoms with van der Waals surface area (Å²) in [4.78, 5) is 152. The van der Waals surface area contributed by atoms with Gasteiger partial charge < -0.3 is 84.8 Å². The highest BCUT2D eigenvalue weighted by Crippen LogP contribution is 2.44. The van der Waals surface area contributed by atoms with E-state index >= 15 is 0 Å². The molecule has 10 rings (SSSR count). The number of carbonyl (C=O) groups is 3. The molecular formula is C78H126N11O28P5S. The van der Waals surface area contributed by atoms with Crippen molar-refractivity contribution in [2.45, 2.75) is 215 Å². The Morgan fingerprint density at radius 1 is 0.382 bits per heavy atom. The molecule has 0 aromatic carbocycles. The molecule has 5 aliphatic rings. The van der Waals surface area contributed by atoms with Crippen LogP contribution in [0.25, 0.3) is 0 Å². The molecule has 0 radical (unpaired) electrons. The first-order chi connectivity index (χ1) is 56.7. The van der Waals surface area contributed by atoms with Crippen molar-refractivity contribution in [1.29, 1.82) is 0 Å². The molecular weight excluding hydrogens is 1730 g/mol. The Kier molecular flexibility index (Phi) is 37.9. The van der Waals surface area contributed by atoms with Crippen molar-refractivity contribution in [2.24, 2.45) is 0 Å². The number of aryl methyl sites for hydroxylation is 2. The lowest BCUT2D eigenvalue weighted by atomic mass is 10.1. The monoisotopic (exact) mass is 1850 g/mol. The number of ether oxygens (including phenoxy) is 6. The van der Waals surface area contributed by atoms with Gasteiger partial charge in [0.15, 0.2) is 41.7 Å². The topological polar surface area (TPSA) is 578 Å². The van der Waals surface area contributed by atoms with Crippen molar-refractivity contribution < 1.29 is 93.9 Å². The van der Waals surface area contributed by atoms with Crippen molar-refractivity contribution in [2.75, 3.05) is 104 Å². The molecule has 0 saturated carbocycles. The Morgan fingerprint density at radius 2 is 0.634 bits per heavy atom. The Morgan fingerprint density at radius 3 is 0.919 bits per heavy atom. The highest BCUT2D eigenvalue weighted by atomic mass is 32.1. The van der Waals surface area contributed by atoms with E-state index in [1.165, 1.54) is 43.9 Å². The van der Waals surface area contributed by atoms with E-state index < -0.39 is 202 Å². The lowest BCUT2D eigenvalue weighted by Gasteiger charge is -2.19. The van der Waals surface area contributed by atoms with Gasteiger partial charge in [-0.3, -0.25) is 86.1 Å². The minimum Gasteiger partial charge on any atom is -0.479 e. The molecule has 0 aliphatic carbocycles. The molecule has 20 atom stereocenters. The number of hydrogen-bond donors (Lipinski definition) is 16. The van der Waals surface area contributed by atoms with Crippen molar-refractivity contribution in [3.8, 4) is 5.75 Å². The third-order valence-corrected chi connectivity index (χ3v) is 28.1. The summed E-state index contributed by atoms with van der Waals surface area (Å²) in [5, 5.41) is 105. The maximum Gasteiger partial charge on any atom is 0.330 e. The first-order valence-electron chi connectivity index (χ1n) is 39.8. The summed E-state index contributed by atoms with van der Waals surface area (Å²) in [7, 11) is 0. The molecule has 39 nitrogen and oxygen atoms in total. The molecule has 123 heavy (non-hydrogen) atoms. The van der Waals surface area contributed by atoms with Gasteiger partial charge in [-0.2, -0.15) is 0 Å². The van der Waals surface area contributed by atoms with Crippen molar-refractivity contribution >= 4 is 95.6 Å². The average Bonchev–Trinajstić information content (AvgIpc) is 1.68. The van der Waals surface area contributed by atoms with Crippen LogP contribution in [0.15, 0.2) is 74.1 Å². The predicted octanol–water partition coefficient (Wildman–Crippen LogP) is -1.50. The van der Waals surface area contributed by atoms with Gasteiger partial charge >= 0.3 is 22.8 Å². The second-order valence-electron chi connectivity index (χ2n) is 34.9. The molecule has 0 bridgehead atoms. The molecule has 5 aliphatic heterocycles. The molecule has 10 heterocycles. The van der Waals surface area contributed by atoms with Crippen molar-refractivity contribution in [1.82, 2.24) is 53.1 Å². The van der Waals surface area contributed by atoms with E-state index in [1.807, 2.05) is 20.3 Å². The molecule has 45 heteroatoms. The molecule has 0 spiro atoms. The zero-order valence-electron chi connectivity index (χ0n) is 72.3. The highest BCUT2D eigenvalue weighted by Gasteiger charge is 2.49. The van der Waals surface area contributed by atoms with Gasteiger partial charge in [0.1, 0.15) is 73.4 Å². The SMILES string of the molecule is C=P(C)(C)CC[C@H]1OC(n2cc(CC(C)=O)c(=O)[nH]c2=O)[C@H](O)[C@@H]1O.C=P(C)(C)CC[C@H]1OC(n2cc(CC)c(=O)[nH]c2=O)[C@H](O)[C@@H]1O.C=P(C)(C)CC[C@H]1OC(n2cc(CC)c(=O)[nH]c2=S)[C@H](O)[C@@H]1O.C=P(C)(C)CC[C@H]1OC(n2cc(CNC(C)=O)c(=O)[nH]c2=O)[C@H](O)[C@@H]1O.C=P(C)(C)CC[C@H]1OC(n2cc(OCC(C)=O)c(=O)[nH]c2=O)[C@H](O)[C@@H]1O. The minimum absolute atomic E-state index is 0.0695. The normalized spacial score (nSPS) is 27.0. The highest BCUT2D eigenvalue weighted by molar-refractivity contribution is 7.73. The molecule has 1 amide bonds. The third-order valence-electron chi connectivity index (χ3n) is 20.4. The molecule has 5 unspecified atom stereocenters. The van der Waals surface area contributed by atoms with Gasteiger partial charge in [-0.1, -0.05) is 13.8 Å². The van der Waals surface area contributed by atoms with Gasteiger partial charge in [0, 0.05) is 61.4 Å². The fourth-order valence-electron chi connectivity index (χ4n) is 13.4. The first kappa shape index (κ1) is 105. The van der Waals surface area contributed by atoms with Gasteiger partial charge in [-0.25, -0.2) is 19.2 Å². The summed E-state index contributed by atoms with van der Waals surface area (Å²) < 4.78 is 39.6. The Bertz CT molecular complexity index is 5170. The van der Waals surface area contributed by atoms with E-state index in [4.69, 9.17) is 40.6 Å². The number of aliphatic hydroxyl groups excluding tert-OH is 10. The average molecular weight is 1850 g/mol. The van der Waals surface area contributed by atoms with E-state index in [0.29, 0.717) is 56.1 Å². The summed E-state index contributed by atoms with van der Waals surface area (Å²) in [6.45, 7) is 21.4. The molecule has 5 aromatic rings. The van der Waals surface area contributed by atoms with E-state index in [0.717, 1.165) is 55.3 Å². The van der Waals surface area contributed by atoms with Crippen LogP contribution in [0.1, 0.15) is 120 Å². The van der Waals surface area contributed by atoms with Crippen LogP contribution in [0.2, 0.25) is 0 Å². The Labute approximate surface area is 715 Å². The minimum atomic E-state index is -1.35. The van der Waals surface area contributed by atoms with Crippen LogP contribution in [0.3, 0.4) is 0 Å². The number of nitrogens with one attached hydrogen (secondary N) is 6. The zero-order chi connectivity index (χ0) is 93.0. The van der Waals surface area contributed by atoms with Crippen LogP contribution in [-0.4, -0.2) is 343 Å². The van der Waals surface area contributed by atoms with Crippen LogP contribution in [0.5, 0.6) is 5.75 Å². The lowest BCUT2D eigenvalue weighted by molar-refractivity contribution is -0.119. The van der Waals surface area contributed by atoms with Crippen LogP contribution < -0.4 is 60.6 Å². The smallest absolute Gasteiger partial charge is 0.330 e. The van der Waals surface area contributed by atoms with E-state index in [2.05, 4.69) is 115 Å².